The predicted molar refractivity (Wildman–Crippen MR) is 78.2 cm³/mol. The average molecular weight is 270 g/mol. The minimum atomic E-state index is -0.163. The highest BCUT2D eigenvalue weighted by atomic mass is 16.5. The highest BCUT2D eigenvalue weighted by Crippen LogP contribution is 2.24. The maximum atomic E-state index is 11.6. The Balaban J connectivity index is 2.25. The van der Waals surface area contributed by atoms with Crippen LogP contribution in [0.15, 0.2) is 0 Å². The molecule has 0 aromatic heterocycles. The third kappa shape index (κ3) is 6.39. The number of rotatable bonds is 8. The molecule has 1 atom stereocenters. The van der Waals surface area contributed by atoms with Gasteiger partial charge in [0.2, 0.25) is 0 Å². The number of hydrogen-bond donors (Lipinski definition) is 1. The summed E-state index contributed by atoms with van der Waals surface area (Å²) in [6, 6.07) is -0.163. The van der Waals surface area contributed by atoms with Crippen LogP contribution in [0.1, 0.15) is 45.4 Å². The first-order chi connectivity index (χ1) is 9.17. The van der Waals surface area contributed by atoms with Gasteiger partial charge >= 0.3 is 5.97 Å². The summed E-state index contributed by atoms with van der Waals surface area (Å²) in [7, 11) is 3.62. The fourth-order valence-corrected chi connectivity index (χ4v) is 2.94. The van der Waals surface area contributed by atoms with Crippen molar-refractivity contribution in [3.8, 4) is 0 Å². The van der Waals surface area contributed by atoms with E-state index in [-0.39, 0.29) is 12.0 Å². The van der Waals surface area contributed by atoms with E-state index in [0.717, 1.165) is 25.4 Å². The molecule has 1 aliphatic rings. The molecule has 1 N–H and O–H groups in total. The Morgan fingerprint density at radius 2 is 2.05 bits per heavy atom. The average Bonchev–Trinajstić information content (AvgIpc) is 2.43. The molecule has 0 aromatic carbocycles. The molecule has 0 radical (unpaired) electrons. The van der Waals surface area contributed by atoms with Gasteiger partial charge in [-0.05, 0) is 45.3 Å². The molecule has 1 saturated carbocycles. The Hall–Kier alpha value is -0.610. The molecule has 0 saturated heterocycles. The molecule has 112 valence electrons. The molecule has 0 amide bonds. The van der Waals surface area contributed by atoms with E-state index in [2.05, 4.69) is 17.3 Å². The standard InChI is InChI=1S/C15H30N2O2/c1-4-16-14(15(18)19-3)10-11-17(2)12-13-8-6-5-7-9-13/h13-14,16H,4-12H2,1-3H3. The lowest BCUT2D eigenvalue weighted by molar-refractivity contribution is -0.143. The number of likely N-dealkylation sites (N-methyl/N-ethyl adjacent to an activating group) is 1. The van der Waals surface area contributed by atoms with E-state index in [1.54, 1.807) is 0 Å². The zero-order valence-corrected chi connectivity index (χ0v) is 12.8. The van der Waals surface area contributed by atoms with Crippen molar-refractivity contribution in [2.75, 3.05) is 33.8 Å². The molecule has 19 heavy (non-hydrogen) atoms. The van der Waals surface area contributed by atoms with Crippen molar-refractivity contribution in [2.45, 2.75) is 51.5 Å². The summed E-state index contributed by atoms with van der Waals surface area (Å²) in [6.07, 6.45) is 7.76. The lowest BCUT2D eigenvalue weighted by Crippen LogP contribution is -2.40. The Morgan fingerprint density at radius 1 is 1.37 bits per heavy atom. The summed E-state index contributed by atoms with van der Waals surface area (Å²) in [6.45, 7) is 4.93. The van der Waals surface area contributed by atoms with Crippen molar-refractivity contribution >= 4 is 5.97 Å². The van der Waals surface area contributed by atoms with E-state index < -0.39 is 0 Å². The number of carbonyl (C=O) groups excluding carboxylic acids is 1. The third-order valence-corrected chi connectivity index (χ3v) is 4.03. The van der Waals surface area contributed by atoms with Crippen molar-refractivity contribution < 1.29 is 9.53 Å². The first kappa shape index (κ1) is 16.4. The van der Waals surface area contributed by atoms with Crippen LogP contribution in [-0.4, -0.2) is 50.7 Å². The smallest absolute Gasteiger partial charge is 0.322 e. The molecule has 0 spiro atoms. The molecule has 1 unspecified atom stereocenters. The number of methoxy groups -OCH3 is 1. The molecule has 0 heterocycles. The van der Waals surface area contributed by atoms with Crippen molar-refractivity contribution in [3.63, 3.8) is 0 Å². The number of nitrogens with one attached hydrogen (secondary N) is 1. The van der Waals surface area contributed by atoms with Crippen LogP contribution < -0.4 is 5.32 Å². The number of hydrogen-bond acceptors (Lipinski definition) is 4. The first-order valence-corrected chi connectivity index (χ1v) is 7.67. The van der Waals surface area contributed by atoms with Gasteiger partial charge in [-0.2, -0.15) is 0 Å². The molecule has 0 aromatic rings. The fraction of sp³-hybridized carbons (Fsp3) is 0.933. The maximum Gasteiger partial charge on any atom is 0.322 e. The molecular formula is C15H30N2O2. The molecule has 0 aliphatic heterocycles. The van der Waals surface area contributed by atoms with Gasteiger partial charge in [0.1, 0.15) is 6.04 Å². The van der Waals surface area contributed by atoms with Crippen molar-refractivity contribution in [1.82, 2.24) is 10.2 Å². The van der Waals surface area contributed by atoms with Gasteiger partial charge in [-0.25, -0.2) is 0 Å². The van der Waals surface area contributed by atoms with Crippen LogP contribution >= 0.6 is 0 Å². The minimum absolute atomic E-state index is 0.145. The predicted octanol–water partition coefficient (Wildman–Crippen LogP) is 2.04. The highest BCUT2D eigenvalue weighted by Gasteiger charge is 2.20. The van der Waals surface area contributed by atoms with Crippen LogP contribution in [0.2, 0.25) is 0 Å². The quantitative estimate of drug-likeness (QED) is 0.685. The van der Waals surface area contributed by atoms with E-state index in [4.69, 9.17) is 4.74 Å². The van der Waals surface area contributed by atoms with Gasteiger partial charge in [0.15, 0.2) is 0 Å². The second-order valence-electron chi connectivity index (χ2n) is 5.69. The molecule has 1 aliphatic carbocycles. The molecule has 4 nitrogen and oxygen atoms in total. The van der Waals surface area contributed by atoms with Gasteiger partial charge in [-0.3, -0.25) is 4.79 Å². The highest BCUT2D eigenvalue weighted by molar-refractivity contribution is 5.75. The van der Waals surface area contributed by atoms with Gasteiger partial charge in [0, 0.05) is 6.54 Å². The minimum Gasteiger partial charge on any atom is -0.468 e. The summed E-state index contributed by atoms with van der Waals surface area (Å²) >= 11 is 0. The van der Waals surface area contributed by atoms with Crippen molar-refractivity contribution in [1.29, 1.82) is 0 Å². The Morgan fingerprint density at radius 3 is 2.63 bits per heavy atom. The second-order valence-corrected chi connectivity index (χ2v) is 5.69. The largest absolute Gasteiger partial charge is 0.468 e. The van der Waals surface area contributed by atoms with Crippen LogP contribution in [0.4, 0.5) is 0 Å². The summed E-state index contributed by atoms with van der Waals surface area (Å²) in [5.74, 6) is 0.711. The zero-order valence-electron chi connectivity index (χ0n) is 12.8. The number of ether oxygens (including phenoxy) is 1. The molecule has 4 heteroatoms. The number of esters is 1. The summed E-state index contributed by atoms with van der Waals surface area (Å²) in [5.41, 5.74) is 0. The third-order valence-electron chi connectivity index (χ3n) is 4.03. The number of nitrogens with zero attached hydrogens (tertiary/aromatic N) is 1. The molecule has 1 fully saturated rings. The van der Waals surface area contributed by atoms with Gasteiger partial charge in [-0.15, -0.1) is 0 Å². The van der Waals surface area contributed by atoms with Gasteiger partial charge in [-0.1, -0.05) is 26.2 Å². The molecular weight excluding hydrogens is 240 g/mol. The second kappa shape index (κ2) is 9.32. The van der Waals surface area contributed by atoms with Gasteiger partial charge in [0.05, 0.1) is 7.11 Å². The van der Waals surface area contributed by atoms with Crippen LogP contribution in [-0.2, 0) is 9.53 Å². The normalized spacial score (nSPS) is 18.5. The Labute approximate surface area is 117 Å². The summed E-state index contributed by atoms with van der Waals surface area (Å²) in [5, 5.41) is 3.19. The van der Waals surface area contributed by atoms with E-state index in [1.807, 2.05) is 6.92 Å². The van der Waals surface area contributed by atoms with Crippen LogP contribution in [0.25, 0.3) is 0 Å². The lowest BCUT2D eigenvalue weighted by atomic mass is 9.89. The SMILES string of the molecule is CCNC(CCN(C)CC1CCCCC1)C(=O)OC. The Bertz CT molecular complexity index is 253. The van der Waals surface area contributed by atoms with Crippen molar-refractivity contribution in [2.24, 2.45) is 5.92 Å². The van der Waals surface area contributed by atoms with Crippen LogP contribution in [0.3, 0.4) is 0 Å². The van der Waals surface area contributed by atoms with E-state index in [0.29, 0.717) is 0 Å². The fourth-order valence-electron chi connectivity index (χ4n) is 2.94. The summed E-state index contributed by atoms with van der Waals surface area (Å²) in [4.78, 5) is 14.0. The van der Waals surface area contributed by atoms with E-state index in [1.165, 1.54) is 45.8 Å². The topological polar surface area (TPSA) is 41.6 Å². The number of carbonyl (C=O) groups is 1. The van der Waals surface area contributed by atoms with E-state index in [9.17, 15) is 4.79 Å². The maximum absolute atomic E-state index is 11.6. The monoisotopic (exact) mass is 270 g/mol. The van der Waals surface area contributed by atoms with Gasteiger partial charge in [0.25, 0.3) is 0 Å². The van der Waals surface area contributed by atoms with Gasteiger partial charge < -0.3 is 15.0 Å². The van der Waals surface area contributed by atoms with E-state index >= 15 is 0 Å². The zero-order chi connectivity index (χ0) is 14.1. The molecule has 1 rings (SSSR count). The first-order valence-electron chi connectivity index (χ1n) is 7.67. The van der Waals surface area contributed by atoms with Crippen LogP contribution in [0.5, 0.6) is 0 Å². The van der Waals surface area contributed by atoms with Crippen LogP contribution in [0, 0.1) is 5.92 Å². The lowest BCUT2D eigenvalue weighted by Gasteiger charge is -2.27. The summed E-state index contributed by atoms with van der Waals surface area (Å²) < 4.78 is 4.83. The van der Waals surface area contributed by atoms with Crippen molar-refractivity contribution in [3.05, 3.63) is 0 Å². The molecule has 0 bridgehead atoms. The Kier molecular flexibility index (Phi) is 8.07.